The molecule has 1 atom stereocenters. The average molecular weight is 215 g/mol. The number of carbonyl (C=O) groups is 2. The Morgan fingerprint density at radius 2 is 2.21 bits per heavy atom. The normalized spacial score (nSPS) is 12.4. The van der Waals surface area contributed by atoms with E-state index >= 15 is 0 Å². The van der Waals surface area contributed by atoms with Crippen LogP contribution < -0.4 is 0 Å². The molecule has 2 N–H and O–H groups in total. The standard InChI is InChI=1S/C8H9NO4S/c1-4-9-6(3-14-4)5(8(12)13)2-7(10)11/h3,5H,2H2,1H3,(H,10,11)(H,12,13). The second kappa shape index (κ2) is 4.19. The average Bonchev–Trinajstić information content (AvgIpc) is 2.46. The summed E-state index contributed by atoms with van der Waals surface area (Å²) in [6.45, 7) is 1.74. The largest absolute Gasteiger partial charge is 0.481 e. The van der Waals surface area contributed by atoms with Crippen molar-refractivity contribution in [1.29, 1.82) is 0 Å². The lowest BCUT2D eigenvalue weighted by Gasteiger charge is -2.05. The minimum atomic E-state index is -1.15. The summed E-state index contributed by atoms with van der Waals surface area (Å²) in [5.41, 5.74) is 0.322. The van der Waals surface area contributed by atoms with Crippen molar-refractivity contribution in [2.24, 2.45) is 0 Å². The van der Waals surface area contributed by atoms with Gasteiger partial charge in [0.15, 0.2) is 0 Å². The number of rotatable bonds is 4. The molecule has 0 fully saturated rings. The first-order valence-corrected chi connectivity index (χ1v) is 4.75. The van der Waals surface area contributed by atoms with Crippen molar-refractivity contribution < 1.29 is 19.8 Å². The maximum Gasteiger partial charge on any atom is 0.313 e. The highest BCUT2D eigenvalue weighted by atomic mass is 32.1. The van der Waals surface area contributed by atoms with Crippen molar-refractivity contribution in [3.63, 3.8) is 0 Å². The number of carboxylic acids is 2. The lowest BCUT2D eigenvalue weighted by molar-refractivity contribution is -0.145. The van der Waals surface area contributed by atoms with Gasteiger partial charge < -0.3 is 10.2 Å². The molecular weight excluding hydrogens is 206 g/mol. The highest BCUT2D eigenvalue weighted by Crippen LogP contribution is 2.21. The molecule has 0 aliphatic heterocycles. The van der Waals surface area contributed by atoms with Crippen molar-refractivity contribution in [2.75, 3.05) is 0 Å². The predicted molar refractivity (Wildman–Crippen MR) is 49.5 cm³/mol. The van der Waals surface area contributed by atoms with Crippen LogP contribution in [0, 0.1) is 6.92 Å². The van der Waals surface area contributed by atoms with E-state index in [4.69, 9.17) is 10.2 Å². The summed E-state index contributed by atoms with van der Waals surface area (Å²) in [6, 6.07) is 0. The quantitative estimate of drug-likeness (QED) is 0.785. The van der Waals surface area contributed by atoms with E-state index in [9.17, 15) is 9.59 Å². The van der Waals surface area contributed by atoms with E-state index in [-0.39, 0.29) is 0 Å². The highest BCUT2D eigenvalue weighted by Gasteiger charge is 2.25. The van der Waals surface area contributed by atoms with Crippen molar-refractivity contribution in [3.8, 4) is 0 Å². The SMILES string of the molecule is Cc1nc(C(CC(=O)O)C(=O)O)cs1. The summed E-state index contributed by atoms with van der Waals surface area (Å²) in [7, 11) is 0. The van der Waals surface area contributed by atoms with E-state index in [1.165, 1.54) is 11.3 Å². The number of hydrogen-bond donors (Lipinski definition) is 2. The van der Waals surface area contributed by atoms with Crippen LogP contribution in [-0.4, -0.2) is 27.1 Å². The summed E-state index contributed by atoms with van der Waals surface area (Å²) in [5.74, 6) is -3.33. The van der Waals surface area contributed by atoms with Gasteiger partial charge in [-0.1, -0.05) is 0 Å². The van der Waals surface area contributed by atoms with Gasteiger partial charge in [0.25, 0.3) is 0 Å². The van der Waals surface area contributed by atoms with Crippen LogP contribution in [0.2, 0.25) is 0 Å². The third-order valence-electron chi connectivity index (χ3n) is 1.67. The molecule has 1 rings (SSSR count). The fourth-order valence-electron chi connectivity index (χ4n) is 1.03. The van der Waals surface area contributed by atoms with E-state index in [0.29, 0.717) is 5.69 Å². The van der Waals surface area contributed by atoms with Gasteiger partial charge in [0.1, 0.15) is 5.92 Å². The Bertz CT molecular complexity index is 360. The van der Waals surface area contributed by atoms with Gasteiger partial charge in [0, 0.05) is 5.38 Å². The Balaban J connectivity index is 2.88. The molecule has 0 amide bonds. The molecule has 6 heteroatoms. The van der Waals surface area contributed by atoms with Gasteiger partial charge in [0.2, 0.25) is 0 Å². The van der Waals surface area contributed by atoms with E-state index < -0.39 is 24.3 Å². The molecule has 1 heterocycles. The van der Waals surface area contributed by atoms with Crippen LogP contribution in [0.15, 0.2) is 5.38 Å². The van der Waals surface area contributed by atoms with Crippen LogP contribution in [0.1, 0.15) is 23.0 Å². The Labute approximate surface area is 84.0 Å². The molecule has 76 valence electrons. The van der Waals surface area contributed by atoms with Gasteiger partial charge in [0.05, 0.1) is 17.1 Å². The molecule has 0 bridgehead atoms. The fourth-order valence-corrected chi connectivity index (χ4v) is 1.70. The van der Waals surface area contributed by atoms with E-state index in [1.807, 2.05) is 0 Å². The topological polar surface area (TPSA) is 87.5 Å². The molecule has 0 spiro atoms. The Hall–Kier alpha value is -1.43. The summed E-state index contributed by atoms with van der Waals surface area (Å²) in [5, 5.41) is 19.6. The summed E-state index contributed by atoms with van der Waals surface area (Å²) in [4.78, 5) is 25.1. The number of nitrogens with zero attached hydrogens (tertiary/aromatic N) is 1. The van der Waals surface area contributed by atoms with Crippen molar-refractivity contribution in [3.05, 3.63) is 16.1 Å². The maximum absolute atomic E-state index is 10.7. The van der Waals surface area contributed by atoms with E-state index in [2.05, 4.69) is 4.98 Å². The number of aryl methyl sites for hydroxylation is 1. The molecule has 5 nitrogen and oxygen atoms in total. The van der Waals surface area contributed by atoms with Crippen molar-refractivity contribution >= 4 is 23.3 Å². The van der Waals surface area contributed by atoms with Gasteiger partial charge >= 0.3 is 11.9 Å². The fraction of sp³-hybridized carbons (Fsp3) is 0.375. The summed E-state index contributed by atoms with van der Waals surface area (Å²) >= 11 is 1.31. The number of aromatic nitrogens is 1. The zero-order valence-corrected chi connectivity index (χ0v) is 8.24. The van der Waals surface area contributed by atoms with Gasteiger partial charge in [-0.3, -0.25) is 9.59 Å². The molecule has 0 aliphatic rings. The highest BCUT2D eigenvalue weighted by molar-refractivity contribution is 7.09. The maximum atomic E-state index is 10.7. The lowest BCUT2D eigenvalue weighted by Crippen LogP contribution is -2.16. The minimum absolute atomic E-state index is 0.322. The third-order valence-corrected chi connectivity index (χ3v) is 2.46. The molecule has 1 aromatic rings. The third kappa shape index (κ3) is 2.53. The van der Waals surface area contributed by atoms with Crippen LogP contribution in [0.25, 0.3) is 0 Å². The van der Waals surface area contributed by atoms with Crippen LogP contribution >= 0.6 is 11.3 Å². The minimum Gasteiger partial charge on any atom is -0.481 e. The monoisotopic (exact) mass is 215 g/mol. The Morgan fingerprint density at radius 1 is 1.57 bits per heavy atom. The first-order valence-electron chi connectivity index (χ1n) is 3.87. The zero-order chi connectivity index (χ0) is 10.7. The molecule has 0 saturated heterocycles. The molecule has 0 saturated carbocycles. The molecule has 0 aliphatic carbocycles. The van der Waals surface area contributed by atoms with Gasteiger partial charge in [-0.2, -0.15) is 0 Å². The van der Waals surface area contributed by atoms with Crippen LogP contribution in [0.5, 0.6) is 0 Å². The van der Waals surface area contributed by atoms with Crippen molar-refractivity contribution in [2.45, 2.75) is 19.3 Å². The number of carboxylic acid groups (broad SMARTS) is 2. The van der Waals surface area contributed by atoms with Gasteiger partial charge in [-0.05, 0) is 6.92 Å². The number of hydrogen-bond acceptors (Lipinski definition) is 4. The van der Waals surface area contributed by atoms with Crippen LogP contribution in [0.4, 0.5) is 0 Å². The number of thiazole rings is 1. The van der Waals surface area contributed by atoms with Gasteiger partial charge in [-0.15, -0.1) is 11.3 Å². The number of aliphatic carboxylic acids is 2. The molecular formula is C8H9NO4S. The first kappa shape index (κ1) is 10.6. The Morgan fingerprint density at radius 3 is 2.57 bits per heavy atom. The second-order valence-corrected chi connectivity index (χ2v) is 3.84. The molecule has 1 aromatic heterocycles. The van der Waals surface area contributed by atoms with Crippen molar-refractivity contribution in [1.82, 2.24) is 4.98 Å². The molecule has 1 unspecified atom stereocenters. The summed E-state index contributed by atoms with van der Waals surface area (Å²) < 4.78 is 0. The molecule has 14 heavy (non-hydrogen) atoms. The van der Waals surface area contributed by atoms with Crippen LogP contribution in [-0.2, 0) is 9.59 Å². The predicted octanol–water partition coefficient (Wildman–Crippen LogP) is 1.09. The van der Waals surface area contributed by atoms with E-state index in [0.717, 1.165) is 5.01 Å². The smallest absolute Gasteiger partial charge is 0.313 e. The molecule has 0 aromatic carbocycles. The second-order valence-electron chi connectivity index (χ2n) is 2.78. The lowest BCUT2D eigenvalue weighted by atomic mass is 10.0. The molecule has 0 radical (unpaired) electrons. The Kier molecular flexibility index (Phi) is 3.19. The van der Waals surface area contributed by atoms with E-state index in [1.54, 1.807) is 12.3 Å². The first-order chi connectivity index (χ1) is 6.50. The summed E-state index contributed by atoms with van der Waals surface area (Å²) in [6.07, 6.45) is -0.432. The zero-order valence-electron chi connectivity index (χ0n) is 7.43. The van der Waals surface area contributed by atoms with Gasteiger partial charge in [-0.25, -0.2) is 4.98 Å². The van der Waals surface area contributed by atoms with Crippen LogP contribution in [0.3, 0.4) is 0 Å².